The fourth-order valence-corrected chi connectivity index (χ4v) is 2.31. The quantitative estimate of drug-likeness (QED) is 0.855. The Hall–Kier alpha value is -1.39. The molecule has 2 atom stereocenters. The number of benzene rings is 1. The van der Waals surface area contributed by atoms with Crippen molar-refractivity contribution < 1.29 is 9.53 Å². The summed E-state index contributed by atoms with van der Waals surface area (Å²) in [6.07, 6.45) is 0. The zero-order valence-corrected chi connectivity index (χ0v) is 11.8. The first-order valence-electron chi connectivity index (χ1n) is 6.63. The maximum atomic E-state index is 12.2. The van der Waals surface area contributed by atoms with E-state index in [1.165, 1.54) is 0 Å². The van der Waals surface area contributed by atoms with Crippen molar-refractivity contribution in [1.82, 2.24) is 0 Å². The predicted octanol–water partition coefficient (Wildman–Crippen LogP) is 1.90. The highest BCUT2D eigenvalue weighted by Gasteiger charge is 2.32. The van der Waals surface area contributed by atoms with Crippen LogP contribution in [0.4, 0.5) is 5.69 Å². The highest BCUT2D eigenvalue weighted by atomic mass is 16.5. The number of carbonyl (C=O) groups excluding carboxylic acids is 1. The molecule has 2 rings (SSSR count). The molecule has 1 saturated heterocycles. The van der Waals surface area contributed by atoms with Gasteiger partial charge in [0.15, 0.2) is 0 Å². The molecule has 0 spiro atoms. The highest BCUT2D eigenvalue weighted by Crippen LogP contribution is 2.29. The molecule has 2 unspecified atom stereocenters. The average Bonchev–Trinajstić information content (AvgIpc) is 2.75. The van der Waals surface area contributed by atoms with Crippen LogP contribution in [-0.2, 0) is 14.9 Å². The number of rotatable bonds is 2. The molecule has 1 aliphatic heterocycles. The van der Waals surface area contributed by atoms with E-state index in [4.69, 9.17) is 10.5 Å². The molecule has 0 aliphatic carbocycles. The SMILES string of the molecule is CC(C)(C)c1ccccc1NC(=O)C1COCC1N. The third-order valence-electron chi connectivity index (χ3n) is 3.45. The van der Waals surface area contributed by atoms with Gasteiger partial charge in [0.05, 0.1) is 19.1 Å². The van der Waals surface area contributed by atoms with Crippen LogP contribution in [0.15, 0.2) is 24.3 Å². The Balaban J connectivity index is 2.17. The molecule has 4 heteroatoms. The van der Waals surface area contributed by atoms with Crippen LogP contribution in [0, 0.1) is 5.92 Å². The van der Waals surface area contributed by atoms with Gasteiger partial charge in [-0.3, -0.25) is 4.79 Å². The van der Waals surface area contributed by atoms with Crippen molar-refractivity contribution in [3.05, 3.63) is 29.8 Å². The van der Waals surface area contributed by atoms with E-state index in [2.05, 4.69) is 26.1 Å². The van der Waals surface area contributed by atoms with Gasteiger partial charge in [0, 0.05) is 11.7 Å². The second-order valence-electron chi connectivity index (χ2n) is 6.09. The first kappa shape index (κ1) is 14.0. The molecule has 0 radical (unpaired) electrons. The van der Waals surface area contributed by atoms with Crippen LogP contribution in [0.5, 0.6) is 0 Å². The summed E-state index contributed by atoms with van der Waals surface area (Å²) < 4.78 is 5.24. The molecule has 1 fully saturated rings. The van der Waals surface area contributed by atoms with Crippen LogP contribution in [-0.4, -0.2) is 25.2 Å². The number of ether oxygens (including phenoxy) is 1. The number of para-hydroxylation sites is 1. The molecular weight excluding hydrogens is 240 g/mol. The van der Waals surface area contributed by atoms with Crippen LogP contribution >= 0.6 is 0 Å². The maximum Gasteiger partial charge on any atom is 0.231 e. The Morgan fingerprint density at radius 1 is 1.32 bits per heavy atom. The van der Waals surface area contributed by atoms with Crippen LogP contribution in [0.25, 0.3) is 0 Å². The van der Waals surface area contributed by atoms with E-state index in [-0.39, 0.29) is 23.3 Å². The van der Waals surface area contributed by atoms with Crippen LogP contribution in [0.3, 0.4) is 0 Å². The molecule has 4 nitrogen and oxygen atoms in total. The van der Waals surface area contributed by atoms with Gasteiger partial charge in [-0.2, -0.15) is 0 Å². The summed E-state index contributed by atoms with van der Waals surface area (Å²) in [6.45, 7) is 7.25. The minimum atomic E-state index is -0.256. The summed E-state index contributed by atoms with van der Waals surface area (Å²) in [5.41, 5.74) is 7.84. The molecule has 1 amide bonds. The highest BCUT2D eigenvalue weighted by molar-refractivity contribution is 5.94. The first-order valence-corrected chi connectivity index (χ1v) is 6.63. The molecule has 104 valence electrons. The number of amides is 1. The van der Waals surface area contributed by atoms with E-state index in [0.29, 0.717) is 13.2 Å². The Kier molecular flexibility index (Phi) is 3.92. The van der Waals surface area contributed by atoms with Gasteiger partial charge in [0.2, 0.25) is 5.91 Å². The fourth-order valence-electron chi connectivity index (χ4n) is 2.31. The lowest BCUT2D eigenvalue weighted by Gasteiger charge is -2.24. The third-order valence-corrected chi connectivity index (χ3v) is 3.45. The summed E-state index contributed by atoms with van der Waals surface area (Å²) in [6, 6.07) is 7.68. The zero-order chi connectivity index (χ0) is 14.0. The van der Waals surface area contributed by atoms with Crippen molar-refractivity contribution in [2.45, 2.75) is 32.2 Å². The van der Waals surface area contributed by atoms with Crippen LogP contribution in [0.1, 0.15) is 26.3 Å². The fraction of sp³-hybridized carbons (Fsp3) is 0.533. The second-order valence-corrected chi connectivity index (χ2v) is 6.09. The lowest BCUT2D eigenvalue weighted by Crippen LogP contribution is -2.37. The normalized spacial score (nSPS) is 23.4. The van der Waals surface area contributed by atoms with E-state index in [0.717, 1.165) is 11.3 Å². The van der Waals surface area contributed by atoms with Gasteiger partial charge >= 0.3 is 0 Å². The van der Waals surface area contributed by atoms with Crippen LogP contribution in [0.2, 0.25) is 0 Å². The van der Waals surface area contributed by atoms with Crippen LogP contribution < -0.4 is 11.1 Å². The van der Waals surface area contributed by atoms with Crippen molar-refractivity contribution in [3.8, 4) is 0 Å². The maximum absolute atomic E-state index is 12.2. The molecule has 0 bridgehead atoms. The Morgan fingerprint density at radius 2 is 2.00 bits per heavy atom. The summed E-state index contributed by atoms with van der Waals surface area (Å²) in [4.78, 5) is 12.2. The van der Waals surface area contributed by atoms with E-state index in [1.54, 1.807) is 0 Å². The Morgan fingerprint density at radius 3 is 2.58 bits per heavy atom. The lowest BCUT2D eigenvalue weighted by molar-refractivity contribution is -0.120. The number of carbonyl (C=O) groups is 1. The summed E-state index contributed by atoms with van der Waals surface area (Å²) >= 11 is 0. The molecule has 1 aliphatic rings. The standard InChI is InChI=1S/C15H22N2O2/c1-15(2,3)11-6-4-5-7-13(11)17-14(18)10-8-19-9-12(10)16/h4-7,10,12H,8-9,16H2,1-3H3,(H,17,18). The summed E-state index contributed by atoms with van der Waals surface area (Å²) in [7, 11) is 0. The molecule has 0 saturated carbocycles. The van der Waals surface area contributed by atoms with Crippen molar-refractivity contribution in [2.24, 2.45) is 11.7 Å². The molecular formula is C15H22N2O2. The van der Waals surface area contributed by atoms with Gasteiger partial charge in [0.1, 0.15) is 0 Å². The molecule has 19 heavy (non-hydrogen) atoms. The smallest absolute Gasteiger partial charge is 0.231 e. The molecule has 3 N–H and O–H groups in total. The number of hydrogen-bond donors (Lipinski definition) is 2. The monoisotopic (exact) mass is 262 g/mol. The lowest BCUT2D eigenvalue weighted by atomic mass is 9.85. The molecule has 1 heterocycles. The molecule has 0 aromatic heterocycles. The summed E-state index contributed by atoms with van der Waals surface area (Å²) in [5, 5.41) is 2.99. The van der Waals surface area contributed by atoms with Crippen molar-refractivity contribution in [3.63, 3.8) is 0 Å². The average molecular weight is 262 g/mol. The largest absolute Gasteiger partial charge is 0.379 e. The molecule has 1 aromatic carbocycles. The van der Waals surface area contributed by atoms with Crippen molar-refractivity contribution in [2.75, 3.05) is 18.5 Å². The molecule has 1 aromatic rings. The van der Waals surface area contributed by atoms with Gasteiger partial charge in [-0.25, -0.2) is 0 Å². The van der Waals surface area contributed by atoms with Gasteiger partial charge in [-0.1, -0.05) is 39.0 Å². The van der Waals surface area contributed by atoms with Crippen molar-refractivity contribution >= 4 is 11.6 Å². The van der Waals surface area contributed by atoms with E-state index < -0.39 is 0 Å². The number of hydrogen-bond acceptors (Lipinski definition) is 3. The Bertz CT molecular complexity index is 465. The summed E-state index contributed by atoms with van der Waals surface area (Å²) in [5.74, 6) is -0.310. The predicted molar refractivity (Wildman–Crippen MR) is 76.1 cm³/mol. The van der Waals surface area contributed by atoms with Gasteiger partial charge in [-0.15, -0.1) is 0 Å². The zero-order valence-electron chi connectivity index (χ0n) is 11.8. The van der Waals surface area contributed by atoms with E-state index in [1.807, 2.05) is 24.3 Å². The Labute approximate surface area is 114 Å². The third kappa shape index (κ3) is 3.14. The topological polar surface area (TPSA) is 64.3 Å². The van der Waals surface area contributed by atoms with Gasteiger partial charge < -0.3 is 15.8 Å². The first-order chi connectivity index (χ1) is 8.89. The minimum Gasteiger partial charge on any atom is -0.379 e. The van der Waals surface area contributed by atoms with Crippen molar-refractivity contribution in [1.29, 1.82) is 0 Å². The number of nitrogens with one attached hydrogen (secondary N) is 1. The second kappa shape index (κ2) is 5.31. The van der Waals surface area contributed by atoms with E-state index >= 15 is 0 Å². The van der Waals surface area contributed by atoms with E-state index in [9.17, 15) is 4.79 Å². The number of nitrogens with two attached hydrogens (primary N) is 1. The van der Waals surface area contributed by atoms with Gasteiger partial charge in [0.25, 0.3) is 0 Å². The van der Waals surface area contributed by atoms with Gasteiger partial charge in [-0.05, 0) is 17.0 Å². The minimum absolute atomic E-state index is 0.0157. The number of anilines is 1.